The molecular formula is C14H17N3O5S. The van der Waals surface area contributed by atoms with Crippen molar-refractivity contribution >= 4 is 16.0 Å². The Kier molecular flexibility index (Phi) is 5.02. The predicted octanol–water partition coefficient (Wildman–Crippen LogP) is 0.763. The van der Waals surface area contributed by atoms with Gasteiger partial charge in [0.15, 0.2) is 0 Å². The van der Waals surface area contributed by atoms with E-state index in [-0.39, 0.29) is 11.4 Å². The van der Waals surface area contributed by atoms with Crippen molar-refractivity contribution in [1.29, 1.82) is 0 Å². The van der Waals surface area contributed by atoms with Gasteiger partial charge in [0.2, 0.25) is 10.0 Å². The van der Waals surface area contributed by atoms with Gasteiger partial charge in [0.05, 0.1) is 13.3 Å². The summed E-state index contributed by atoms with van der Waals surface area (Å²) in [6, 6.07) is 5.40. The fraction of sp³-hybridized carbons (Fsp3) is 0.286. The van der Waals surface area contributed by atoms with Gasteiger partial charge in [0.1, 0.15) is 17.2 Å². The molecule has 23 heavy (non-hydrogen) atoms. The van der Waals surface area contributed by atoms with E-state index in [2.05, 4.69) is 9.82 Å². The number of carboxylic acids is 1. The number of aryl methyl sites for hydroxylation is 1. The molecule has 0 bridgehead atoms. The molecule has 2 rings (SSSR count). The predicted molar refractivity (Wildman–Crippen MR) is 81.6 cm³/mol. The molecule has 124 valence electrons. The first-order chi connectivity index (χ1) is 10.8. The number of aliphatic carboxylic acids is 1. The zero-order chi connectivity index (χ0) is 17.0. The van der Waals surface area contributed by atoms with Gasteiger partial charge >= 0.3 is 5.97 Å². The average Bonchev–Trinajstić information content (AvgIpc) is 2.95. The highest BCUT2D eigenvalue weighted by atomic mass is 32.2. The Hall–Kier alpha value is -2.39. The third-order valence-electron chi connectivity index (χ3n) is 3.16. The van der Waals surface area contributed by atoms with Gasteiger partial charge in [-0.25, -0.2) is 13.1 Å². The lowest BCUT2D eigenvalue weighted by Crippen LogP contribution is -2.23. The number of hydrogen-bond donors (Lipinski definition) is 2. The normalized spacial score (nSPS) is 11.4. The van der Waals surface area contributed by atoms with Crippen LogP contribution >= 0.6 is 0 Å². The summed E-state index contributed by atoms with van der Waals surface area (Å²) in [6.07, 6.45) is 2.28. The number of ether oxygens (including phenoxy) is 1. The SMILES string of the molecule is COc1cc(CNS(=O)(=O)c2cnn(CC(=O)O)c2)ccc1C. The van der Waals surface area contributed by atoms with Crippen LogP contribution in [0.4, 0.5) is 0 Å². The molecule has 0 aliphatic rings. The quantitative estimate of drug-likeness (QED) is 0.771. The molecule has 1 heterocycles. The summed E-state index contributed by atoms with van der Waals surface area (Å²) in [4.78, 5) is 10.5. The topological polar surface area (TPSA) is 111 Å². The van der Waals surface area contributed by atoms with Crippen molar-refractivity contribution in [1.82, 2.24) is 14.5 Å². The third-order valence-corrected chi connectivity index (χ3v) is 4.51. The Morgan fingerprint density at radius 1 is 1.43 bits per heavy atom. The number of rotatable bonds is 7. The van der Waals surface area contributed by atoms with Crippen molar-refractivity contribution in [2.45, 2.75) is 24.9 Å². The minimum atomic E-state index is -3.77. The third kappa shape index (κ3) is 4.30. The van der Waals surface area contributed by atoms with E-state index < -0.39 is 22.5 Å². The number of nitrogens with one attached hydrogen (secondary N) is 1. The number of hydrogen-bond acceptors (Lipinski definition) is 5. The van der Waals surface area contributed by atoms with Crippen molar-refractivity contribution < 1.29 is 23.1 Å². The zero-order valence-electron chi connectivity index (χ0n) is 12.7. The van der Waals surface area contributed by atoms with Gasteiger partial charge in [0.25, 0.3) is 0 Å². The standard InChI is InChI=1S/C14H17N3O5S/c1-10-3-4-11(5-13(10)22-2)6-16-23(20,21)12-7-15-17(8-12)9-14(18)19/h3-5,7-8,16H,6,9H2,1-2H3,(H,18,19). The van der Waals surface area contributed by atoms with Crippen LogP contribution in [-0.4, -0.2) is 36.4 Å². The van der Waals surface area contributed by atoms with Crippen molar-refractivity contribution in [2.24, 2.45) is 0 Å². The number of benzene rings is 1. The second-order valence-electron chi connectivity index (χ2n) is 4.90. The van der Waals surface area contributed by atoms with Crippen LogP contribution in [-0.2, 0) is 27.9 Å². The Morgan fingerprint density at radius 2 is 2.17 bits per heavy atom. The highest BCUT2D eigenvalue weighted by Crippen LogP contribution is 2.19. The molecule has 1 aromatic heterocycles. The largest absolute Gasteiger partial charge is 0.496 e. The Labute approximate surface area is 133 Å². The molecule has 0 fully saturated rings. The number of methoxy groups -OCH3 is 1. The van der Waals surface area contributed by atoms with Crippen molar-refractivity contribution in [2.75, 3.05) is 7.11 Å². The lowest BCUT2D eigenvalue weighted by molar-refractivity contribution is -0.137. The zero-order valence-corrected chi connectivity index (χ0v) is 13.5. The van der Waals surface area contributed by atoms with Crippen LogP contribution in [0.15, 0.2) is 35.5 Å². The van der Waals surface area contributed by atoms with Gasteiger partial charge in [-0.05, 0) is 24.1 Å². The van der Waals surface area contributed by atoms with Crippen molar-refractivity contribution in [3.8, 4) is 5.75 Å². The smallest absolute Gasteiger partial charge is 0.325 e. The molecule has 0 unspecified atom stereocenters. The fourth-order valence-corrected chi connectivity index (χ4v) is 2.91. The molecule has 2 aromatic rings. The maximum Gasteiger partial charge on any atom is 0.325 e. The molecule has 8 nitrogen and oxygen atoms in total. The monoisotopic (exact) mass is 339 g/mol. The summed E-state index contributed by atoms with van der Waals surface area (Å²) in [5, 5.41) is 12.4. The van der Waals surface area contributed by atoms with Gasteiger partial charge in [0, 0.05) is 12.7 Å². The van der Waals surface area contributed by atoms with Gasteiger partial charge < -0.3 is 9.84 Å². The van der Waals surface area contributed by atoms with E-state index in [1.54, 1.807) is 19.2 Å². The number of carbonyl (C=O) groups is 1. The highest BCUT2D eigenvalue weighted by molar-refractivity contribution is 7.89. The van der Waals surface area contributed by atoms with Crippen LogP contribution in [0, 0.1) is 6.92 Å². The number of carboxylic acid groups (broad SMARTS) is 1. The first kappa shape index (κ1) is 17.0. The van der Waals surface area contributed by atoms with Crippen molar-refractivity contribution in [3.05, 3.63) is 41.7 Å². The van der Waals surface area contributed by atoms with E-state index in [9.17, 15) is 13.2 Å². The lowest BCUT2D eigenvalue weighted by atomic mass is 10.1. The lowest BCUT2D eigenvalue weighted by Gasteiger charge is -2.08. The van der Waals surface area contributed by atoms with E-state index >= 15 is 0 Å². The summed E-state index contributed by atoms with van der Waals surface area (Å²) in [5.41, 5.74) is 1.70. The minimum absolute atomic E-state index is 0.0853. The molecule has 0 saturated heterocycles. The fourth-order valence-electron chi connectivity index (χ4n) is 1.94. The van der Waals surface area contributed by atoms with Crippen LogP contribution in [0.1, 0.15) is 11.1 Å². The molecule has 9 heteroatoms. The molecule has 0 aliphatic carbocycles. The Morgan fingerprint density at radius 3 is 2.83 bits per heavy atom. The summed E-state index contributed by atoms with van der Waals surface area (Å²) >= 11 is 0. The maximum atomic E-state index is 12.2. The highest BCUT2D eigenvalue weighted by Gasteiger charge is 2.17. The molecule has 0 amide bonds. The van der Waals surface area contributed by atoms with Crippen LogP contribution in [0.3, 0.4) is 0 Å². The number of aromatic nitrogens is 2. The maximum absolute atomic E-state index is 12.2. The summed E-state index contributed by atoms with van der Waals surface area (Å²) in [6.45, 7) is 1.58. The second-order valence-corrected chi connectivity index (χ2v) is 6.66. The summed E-state index contributed by atoms with van der Waals surface area (Å²) in [7, 11) is -2.22. The Bertz CT molecular complexity index is 814. The van der Waals surface area contributed by atoms with Gasteiger partial charge in [-0.1, -0.05) is 12.1 Å². The van der Waals surface area contributed by atoms with E-state index in [0.717, 1.165) is 22.0 Å². The molecule has 0 spiro atoms. The van der Waals surface area contributed by atoms with E-state index in [1.807, 2.05) is 13.0 Å². The van der Waals surface area contributed by atoms with E-state index in [4.69, 9.17) is 9.84 Å². The van der Waals surface area contributed by atoms with Gasteiger partial charge in [-0.15, -0.1) is 0 Å². The van der Waals surface area contributed by atoms with Gasteiger partial charge in [-0.2, -0.15) is 5.10 Å². The summed E-state index contributed by atoms with van der Waals surface area (Å²) in [5.74, 6) is -0.423. The second kappa shape index (κ2) is 6.80. The molecule has 1 aromatic carbocycles. The summed E-state index contributed by atoms with van der Waals surface area (Å²) < 4.78 is 33.1. The van der Waals surface area contributed by atoms with Crippen molar-refractivity contribution in [3.63, 3.8) is 0 Å². The van der Waals surface area contributed by atoms with E-state index in [1.165, 1.54) is 6.20 Å². The molecule has 0 radical (unpaired) electrons. The molecule has 2 N–H and O–H groups in total. The molecule has 0 saturated carbocycles. The molecular weight excluding hydrogens is 322 g/mol. The first-order valence-corrected chi connectivity index (χ1v) is 8.17. The average molecular weight is 339 g/mol. The minimum Gasteiger partial charge on any atom is -0.496 e. The Balaban J connectivity index is 2.09. The molecule has 0 aliphatic heterocycles. The molecule has 0 atom stereocenters. The van der Waals surface area contributed by atoms with Crippen LogP contribution in [0.2, 0.25) is 0 Å². The van der Waals surface area contributed by atoms with Crippen LogP contribution in [0.25, 0.3) is 0 Å². The number of sulfonamides is 1. The number of nitrogens with zero attached hydrogens (tertiary/aromatic N) is 2. The van der Waals surface area contributed by atoms with Crippen LogP contribution in [0.5, 0.6) is 5.75 Å². The first-order valence-electron chi connectivity index (χ1n) is 6.69. The van der Waals surface area contributed by atoms with Crippen LogP contribution < -0.4 is 9.46 Å². The van der Waals surface area contributed by atoms with E-state index in [0.29, 0.717) is 5.75 Å². The van der Waals surface area contributed by atoms with Gasteiger partial charge in [-0.3, -0.25) is 9.48 Å².